The number of carbonyl (C=O) groups excluding carboxylic acids is 1. The summed E-state index contributed by atoms with van der Waals surface area (Å²) in [7, 11) is 0. The highest BCUT2D eigenvalue weighted by molar-refractivity contribution is 9.10. The smallest absolute Gasteiger partial charge is 0.228 e. The maximum Gasteiger partial charge on any atom is 0.228 e. The molecule has 1 unspecified atom stereocenters. The maximum absolute atomic E-state index is 11.8. The second kappa shape index (κ2) is 6.38. The zero-order valence-electron chi connectivity index (χ0n) is 9.63. The molecule has 94 valence electrons. The summed E-state index contributed by atoms with van der Waals surface area (Å²) < 4.78 is 1.06. The SMILES string of the molecule is Cc1cc(NC(=O)C2CCNC2)ccc1Br.Cl. The molecule has 1 heterocycles. The Morgan fingerprint density at radius 3 is 2.88 bits per heavy atom. The van der Waals surface area contributed by atoms with Gasteiger partial charge in [0.25, 0.3) is 0 Å². The lowest BCUT2D eigenvalue weighted by molar-refractivity contribution is -0.119. The first-order valence-corrected chi connectivity index (χ1v) is 6.24. The first kappa shape index (κ1) is 14.5. The van der Waals surface area contributed by atoms with Gasteiger partial charge in [-0.25, -0.2) is 0 Å². The zero-order chi connectivity index (χ0) is 11.5. The highest BCUT2D eigenvalue weighted by Gasteiger charge is 2.22. The summed E-state index contributed by atoms with van der Waals surface area (Å²) in [5.74, 6) is 0.232. The molecule has 1 aromatic rings. The van der Waals surface area contributed by atoms with E-state index >= 15 is 0 Å². The van der Waals surface area contributed by atoms with E-state index < -0.39 is 0 Å². The molecule has 0 radical (unpaired) electrons. The van der Waals surface area contributed by atoms with Crippen LogP contribution in [0, 0.1) is 12.8 Å². The summed E-state index contributed by atoms with van der Waals surface area (Å²) in [5.41, 5.74) is 2.00. The molecule has 17 heavy (non-hydrogen) atoms. The molecule has 5 heteroatoms. The van der Waals surface area contributed by atoms with Gasteiger partial charge in [-0.1, -0.05) is 15.9 Å². The van der Waals surface area contributed by atoms with Crippen molar-refractivity contribution in [1.29, 1.82) is 0 Å². The van der Waals surface area contributed by atoms with E-state index in [0.29, 0.717) is 0 Å². The number of carbonyl (C=O) groups is 1. The molecule has 1 fully saturated rings. The molecule has 0 aromatic heterocycles. The minimum atomic E-state index is 0. The van der Waals surface area contributed by atoms with Gasteiger partial charge in [0.2, 0.25) is 5.91 Å². The standard InChI is InChI=1S/C12H15BrN2O.ClH/c1-8-6-10(2-3-11(8)13)15-12(16)9-4-5-14-7-9;/h2-3,6,9,14H,4-5,7H2,1H3,(H,15,16);1H. The van der Waals surface area contributed by atoms with Crippen LogP contribution in [0.5, 0.6) is 0 Å². The molecule has 2 N–H and O–H groups in total. The van der Waals surface area contributed by atoms with Crippen LogP contribution in [0.15, 0.2) is 22.7 Å². The quantitative estimate of drug-likeness (QED) is 0.880. The number of aryl methyl sites for hydroxylation is 1. The molecule has 2 rings (SSSR count). The Balaban J connectivity index is 0.00000144. The van der Waals surface area contributed by atoms with Crippen LogP contribution < -0.4 is 10.6 Å². The first-order valence-electron chi connectivity index (χ1n) is 5.44. The van der Waals surface area contributed by atoms with E-state index in [1.165, 1.54) is 0 Å². The monoisotopic (exact) mass is 318 g/mol. The van der Waals surface area contributed by atoms with Crippen LogP contribution >= 0.6 is 28.3 Å². The first-order chi connectivity index (χ1) is 7.66. The van der Waals surface area contributed by atoms with Gasteiger partial charge < -0.3 is 10.6 Å². The summed E-state index contributed by atoms with van der Waals surface area (Å²) in [6.45, 7) is 3.75. The third-order valence-corrected chi connectivity index (χ3v) is 3.75. The van der Waals surface area contributed by atoms with Gasteiger partial charge in [0.15, 0.2) is 0 Å². The van der Waals surface area contributed by atoms with Crippen LogP contribution in [0.3, 0.4) is 0 Å². The number of amides is 1. The van der Waals surface area contributed by atoms with Gasteiger partial charge in [0.05, 0.1) is 5.92 Å². The molecule has 0 aliphatic carbocycles. The fourth-order valence-corrected chi connectivity index (χ4v) is 2.09. The van der Waals surface area contributed by atoms with Gasteiger partial charge in [-0.2, -0.15) is 0 Å². The van der Waals surface area contributed by atoms with Crippen LogP contribution in [0.1, 0.15) is 12.0 Å². The average Bonchev–Trinajstić information content (AvgIpc) is 2.77. The van der Waals surface area contributed by atoms with Crippen molar-refractivity contribution < 1.29 is 4.79 Å². The van der Waals surface area contributed by atoms with Crippen molar-refractivity contribution >= 4 is 39.9 Å². The number of halogens is 2. The van der Waals surface area contributed by atoms with E-state index in [1.54, 1.807) is 0 Å². The van der Waals surface area contributed by atoms with E-state index in [9.17, 15) is 4.79 Å². The van der Waals surface area contributed by atoms with E-state index in [-0.39, 0.29) is 24.2 Å². The number of hydrogen-bond acceptors (Lipinski definition) is 2. The molecular weight excluding hydrogens is 304 g/mol. The van der Waals surface area contributed by atoms with Gasteiger partial charge in [-0.05, 0) is 43.7 Å². The fourth-order valence-electron chi connectivity index (χ4n) is 1.85. The van der Waals surface area contributed by atoms with Crippen LogP contribution in [0.25, 0.3) is 0 Å². The molecule has 1 saturated heterocycles. The van der Waals surface area contributed by atoms with Crippen LogP contribution in [0.4, 0.5) is 5.69 Å². The molecule has 3 nitrogen and oxygen atoms in total. The van der Waals surface area contributed by atoms with Crippen molar-refractivity contribution in [3.8, 4) is 0 Å². The molecule has 1 amide bonds. The number of rotatable bonds is 2. The average molecular weight is 320 g/mol. The summed E-state index contributed by atoms with van der Waals surface area (Å²) in [6.07, 6.45) is 0.932. The lowest BCUT2D eigenvalue weighted by Gasteiger charge is -2.10. The lowest BCUT2D eigenvalue weighted by atomic mass is 10.1. The normalized spacial score (nSPS) is 18.6. The van der Waals surface area contributed by atoms with E-state index in [4.69, 9.17) is 0 Å². The molecule has 0 bridgehead atoms. The number of nitrogens with one attached hydrogen (secondary N) is 2. The second-order valence-corrected chi connectivity index (χ2v) is 5.00. The van der Waals surface area contributed by atoms with Gasteiger partial charge in [-0.3, -0.25) is 4.79 Å². The third-order valence-electron chi connectivity index (χ3n) is 2.86. The van der Waals surface area contributed by atoms with Gasteiger partial charge >= 0.3 is 0 Å². The Kier molecular flexibility index (Phi) is 5.43. The molecule has 1 aliphatic heterocycles. The highest BCUT2D eigenvalue weighted by atomic mass is 79.9. The molecule has 1 atom stereocenters. The predicted molar refractivity (Wildman–Crippen MR) is 75.7 cm³/mol. The molecular formula is C12H16BrClN2O. The van der Waals surface area contributed by atoms with E-state index in [0.717, 1.165) is 35.2 Å². The Bertz CT molecular complexity index is 405. The van der Waals surface area contributed by atoms with E-state index in [2.05, 4.69) is 26.6 Å². The second-order valence-electron chi connectivity index (χ2n) is 4.14. The Morgan fingerprint density at radius 2 is 2.29 bits per heavy atom. The van der Waals surface area contributed by atoms with Gasteiger partial charge in [0.1, 0.15) is 0 Å². The maximum atomic E-state index is 11.8. The summed E-state index contributed by atoms with van der Waals surface area (Å²) in [5, 5.41) is 6.14. The number of hydrogen-bond donors (Lipinski definition) is 2. The summed E-state index contributed by atoms with van der Waals surface area (Å²) in [6, 6.07) is 5.85. The largest absolute Gasteiger partial charge is 0.326 e. The van der Waals surface area contributed by atoms with Crippen molar-refractivity contribution in [2.45, 2.75) is 13.3 Å². The lowest BCUT2D eigenvalue weighted by Crippen LogP contribution is -2.24. The number of benzene rings is 1. The third kappa shape index (κ3) is 3.69. The number of anilines is 1. The van der Waals surface area contributed by atoms with Crippen LogP contribution in [-0.2, 0) is 4.79 Å². The van der Waals surface area contributed by atoms with Crippen molar-refractivity contribution in [3.05, 3.63) is 28.2 Å². The molecule has 1 aromatic carbocycles. The molecule has 0 spiro atoms. The minimum Gasteiger partial charge on any atom is -0.326 e. The van der Waals surface area contributed by atoms with Crippen molar-refractivity contribution in [1.82, 2.24) is 5.32 Å². The Hall–Kier alpha value is -0.580. The Labute approximate surface area is 116 Å². The predicted octanol–water partition coefficient (Wildman–Crippen LogP) is 2.73. The van der Waals surface area contributed by atoms with Crippen LogP contribution in [0.2, 0.25) is 0 Å². The zero-order valence-corrected chi connectivity index (χ0v) is 12.0. The summed E-state index contributed by atoms with van der Waals surface area (Å²) in [4.78, 5) is 11.8. The fraction of sp³-hybridized carbons (Fsp3) is 0.417. The minimum absolute atomic E-state index is 0. The van der Waals surface area contributed by atoms with Crippen molar-refractivity contribution in [2.24, 2.45) is 5.92 Å². The summed E-state index contributed by atoms with van der Waals surface area (Å²) >= 11 is 3.44. The molecule has 0 saturated carbocycles. The van der Waals surface area contributed by atoms with Crippen molar-refractivity contribution in [3.63, 3.8) is 0 Å². The van der Waals surface area contributed by atoms with Crippen molar-refractivity contribution in [2.75, 3.05) is 18.4 Å². The van der Waals surface area contributed by atoms with Gasteiger partial charge in [-0.15, -0.1) is 12.4 Å². The Morgan fingerprint density at radius 1 is 1.53 bits per heavy atom. The van der Waals surface area contributed by atoms with Gasteiger partial charge in [0, 0.05) is 16.7 Å². The van der Waals surface area contributed by atoms with E-state index in [1.807, 2.05) is 25.1 Å². The molecule has 1 aliphatic rings. The topological polar surface area (TPSA) is 41.1 Å². The van der Waals surface area contributed by atoms with Crippen LogP contribution in [-0.4, -0.2) is 19.0 Å². The highest BCUT2D eigenvalue weighted by Crippen LogP contribution is 2.21.